The zero-order chi connectivity index (χ0) is 19.6. The van der Waals surface area contributed by atoms with Crippen molar-refractivity contribution < 1.29 is 26.8 Å². The molecule has 0 bridgehead atoms. The summed E-state index contributed by atoms with van der Waals surface area (Å²) in [4.78, 5) is 12.2. The van der Waals surface area contributed by atoms with E-state index in [0.29, 0.717) is 4.68 Å². The van der Waals surface area contributed by atoms with Crippen molar-refractivity contribution >= 4 is 17.5 Å². The van der Waals surface area contributed by atoms with E-state index < -0.39 is 35.2 Å². The predicted molar refractivity (Wildman–Crippen MR) is 89.3 cm³/mol. The summed E-state index contributed by atoms with van der Waals surface area (Å²) < 4.78 is 58.2. The standard InChI is InChI=1S/C17H18ClF4N3O2/c18-12-13(15(19)20)24-25(14(12)16(21)22)8-10-6-7-11(27-10)17(26)23-9-4-2-1-3-5-9/h6-7,9,15-16H,1-5,8H2,(H,23,26). The highest BCUT2D eigenvalue weighted by Crippen LogP contribution is 2.35. The second kappa shape index (κ2) is 8.33. The molecule has 1 saturated carbocycles. The molecule has 5 nitrogen and oxygen atoms in total. The van der Waals surface area contributed by atoms with Gasteiger partial charge in [0.1, 0.15) is 17.1 Å². The van der Waals surface area contributed by atoms with E-state index in [9.17, 15) is 22.4 Å². The quantitative estimate of drug-likeness (QED) is 0.676. The van der Waals surface area contributed by atoms with E-state index in [4.69, 9.17) is 16.0 Å². The minimum absolute atomic E-state index is 0.0292. The predicted octanol–water partition coefficient (Wildman–Crippen LogP) is 5.12. The van der Waals surface area contributed by atoms with Crippen LogP contribution in [0.25, 0.3) is 0 Å². The largest absolute Gasteiger partial charge is 0.454 e. The number of furan rings is 1. The molecule has 1 N–H and O–H groups in total. The van der Waals surface area contributed by atoms with Gasteiger partial charge in [-0.1, -0.05) is 30.9 Å². The average molecular weight is 408 g/mol. The van der Waals surface area contributed by atoms with Crippen LogP contribution in [-0.4, -0.2) is 21.7 Å². The van der Waals surface area contributed by atoms with Crippen LogP contribution in [0.3, 0.4) is 0 Å². The molecule has 1 aliphatic rings. The van der Waals surface area contributed by atoms with Crippen molar-refractivity contribution in [3.8, 4) is 0 Å². The van der Waals surface area contributed by atoms with Gasteiger partial charge >= 0.3 is 0 Å². The van der Waals surface area contributed by atoms with Gasteiger partial charge in [0.15, 0.2) is 5.76 Å². The Morgan fingerprint density at radius 3 is 2.56 bits per heavy atom. The van der Waals surface area contributed by atoms with Gasteiger partial charge in [-0.3, -0.25) is 9.48 Å². The van der Waals surface area contributed by atoms with E-state index >= 15 is 0 Å². The highest BCUT2D eigenvalue weighted by atomic mass is 35.5. The van der Waals surface area contributed by atoms with Gasteiger partial charge in [0.2, 0.25) is 0 Å². The first-order valence-corrected chi connectivity index (χ1v) is 8.96. The van der Waals surface area contributed by atoms with E-state index in [2.05, 4.69) is 10.4 Å². The molecule has 2 aromatic heterocycles. The van der Waals surface area contributed by atoms with Crippen LogP contribution < -0.4 is 5.32 Å². The van der Waals surface area contributed by atoms with Gasteiger partial charge in [0.05, 0.1) is 11.6 Å². The Bertz CT molecular complexity index is 800. The third kappa shape index (κ3) is 4.45. The molecule has 148 valence electrons. The number of alkyl halides is 4. The fraction of sp³-hybridized carbons (Fsp3) is 0.529. The zero-order valence-corrected chi connectivity index (χ0v) is 15.0. The summed E-state index contributed by atoms with van der Waals surface area (Å²) in [7, 11) is 0. The summed E-state index contributed by atoms with van der Waals surface area (Å²) in [6.07, 6.45) is -1.10. The number of aromatic nitrogens is 2. The highest BCUT2D eigenvalue weighted by molar-refractivity contribution is 6.32. The number of halogens is 5. The SMILES string of the molecule is O=C(NC1CCCCC1)c1ccc(Cn2nc(C(F)F)c(Cl)c2C(F)F)o1. The van der Waals surface area contributed by atoms with Crippen LogP contribution in [0.4, 0.5) is 17.6 Å². The second-order valence-corrected chi connectivity index (χ2v) is 6.80. The number of carbonyl (C=O) groups is 1. The Morgan fingerprint density at radius 1 is 1.22 bits per heavy atom. The average Bonchev–Trinajstić information content (AvgIpc) is 3.20. The lowest BCUT2D eigenvalue weighted by Gasteiger charge is -2.22. The molecule has 0 radical (unpaired) electrons. The molecule has 2 aromatic rings. The smallest absolute Gasteiger partial charge is 0.287 e. The van der Waals surface area contributed by atoms with Gasteiger partial charge in [-0.25, -0.2) is 17.6 Å². The lowest BCUT2D eigenvalue weighted by atomic mass is 9.95. The van der Waals surface area contributed by atoms with E-state index in [1.54, 1.807) is 0 Å². The van der Waals surface area contributed by atoms with Crippen molar-refractivity contribution in [3.63, 3.8) is 0 Å². The van der Waals surface area contributed by atoms with Gasteiger partial charge < -0.3 is 9.73 Å². The normalized spacial score (nSPS) is 15.7. The molecule has 1 aliphatic carbocycles. The molecule has 0 unspecified atom stereocenters. The molecule has 0 atom stereocenters. The molecule has 1 fully saturated rings. The van der Waals surface area contributed by atoms with Gasteiger partial charge in [-0.15, -0.1) is 0 Å². The maximum atomic E-state index is 13.2. The lowest BCUT2D eigenvalue weighted by molar-refractivity contribution is 0.0897. The molecule has 0 aliphatic heterocycles. The van der Waals surface area contributed by atoms with Gasteiger partial charge in [-0.2, -0.15) is 5.10 Å². The first-order chi connectivity index (χ1) is 12.9. The van der Waals surface area contributed by atoms with E-state index in [1.807, 2.05) is 0 Å². The fourth-order valence-electron chi connectivity index (χ4n) is 3.18. The first-order valence-electron chi connectivity index (χ1n) is 8.58. The van der Waals surface area contributed by atoms with Crippen LogP contribution in [0.5, 0.6) is 0 Å². The van der Waals surface area contributed by atoms with Crippen molar-refractivity contribution in [1.29, 1.82) is 0 Å². The topological polar surface area (TPSA) is 60.1 Å². The van der Waals surface area contributed by atoms with Crippen LogP contribution in [0.1, 0.15) is 72.7 Å². The van der Waals surface area contributed by atoms with Crippen LogP contribution in [0.2, 0.25) is 5.02 Å². The van der Waals surface area contributed by atoms with Crippen molar-refractivity contribution in [2.24, 2.45) is 0 Å². The monoisotopic (exact) mass is 407 g/mol. The van der Waals surface area contributed by atoms with Crippen molar-refractivity contribution in [2.75, 3.05) is 0 Å². The number of nitrogens with one attached hydrogen (secondary N) is 1. The Balaban J connectivity index is 1.74. The molecular weight excluding hydrogens is 390 g/mol. The summed E-state index contributed by atoms with van der Waals surface area (Å²) in [5.74, 6) is -0.235. The number of carbonyl (C=O) groups excluding carboxylic acids is 1. The van der Waals surface area contributed by atoms with Crippen LogP contribution >= 0.6 is 11.6 Å². The van der Waals surface area contributed by atoms with Crippen molar-refractivity contribution in [1.82, 2.24) is 15.1 Å². The molecule has 10 heteroatoms. The molecule has 27 heavy (non-hydrogen) atoms. The van der Waals surface area contributed by atoms with Crippen LogP contribution in [-0.2, 0) is 6.54 Å². The molecule has 0 saturated heterocycles. The van der Waals surface area contributed by atoms with Gasteiger partial charge in [-0.05, 0) is 25.0 Å². The second-order valence-electron chi connectivity index (χ2n) is 6.42. The van der Waals surface area contributed by atoms with E-state index in [-0.39, 0.29) is 24.1 Å². The van der Waals surface area contributed by atoms with Crippen molar-refractivity contribution in [3.05, 3.63) is 40.1 Å². The molecule has 0 aromatic carbocycles. The number of hydrogen-bond donors (Lipinski definition) is 1. The molecule has 3 rings (SSSR count). The lowest BCUT2D eigenvalue weighted by Crippen LogP contribution is -2.35. The third-order valence-electron chi connectivity index (χ3n) is 4.50. The Hall–Kier alpha value is -2.03. The molecule has 2 heterocycles. The number of nitrogens with zero attached hydrogens (tertiary/aromatic N) is 2. The van der Waals surface area contributed by atoms with Crippen LogP contribution in [0, 0.1) is 0 Å². The minimum Gasteiger partial charge on any atom is -0.454 e. The highest BCUT2D eigenvalue weighted by Gasteiger charge is 2.28. The summed E-state index contributed by atoms with van der Waals surface area (Å²) >= 11 is 5.61. The van der Waals surface area contributed by atoms with Crippen LogP contribution in [0.15, 0.2) is 16.5 Å². The van der Waals surface area contributed by atoms with Gasteiger partial charge in [0.25, 0.3) is 18.8 Å². The van der Waals surface area contributed by atoms with E-state index in [0.717, 1.165) is 32.1 Å². The maximum absolute atomic E-state index is 13.2. The molecular formula is C17H18ClF4N3O2. The number of hydrogen-bond acceptors (Lipinski definition) is 3. The first kappa shape index (κ1) is 19.7. The Labute approximate surface area is 157 Å². The fourth-order valence-corrected chi connectivity index (χ4v) is 3.48. The summed E-state index contributed by atoms with van der Waals surface area (Å²) in [5.41, 5.74) is -1.72. The van der Waals surface area contributed by atoms with Gasteiger partial charge in [0, 0.05) is 6.04 Å². The summed E-state index contributed by atoms with van der Waals surface area (Å²) in [5, 5.41) is 5.58. The minimum atomic E-state index is -3.08. The molecule has 1 amide bonds. The van der Waals surface area contributed by atoms with E-state index in [1.165, 1.54) is 12.1 Å². The third-order valence-corrected chi connectivity index (χ3v) is 4.89. The maximum Gasteiger partial charge on any atom is 0.287 e. The Kier molecular flexibility index (Phi) is 6.08. The Morgan fingerprint density at radius 2 is 1.93 bits per heavy atom. The summed E-state index contributed by atoms with van der Waals surface area (Å²) in [6, 6.07) is 2.92. The van der Waals surface area contributed by atoms with Crippen molar-refractivity contribution in [2.45, 2.75) is 57.5 Å². The summed E-state index contributed by atoms with van der Waals surface area (Å²) in [6.45, 7) is -0.344. The number of amides is 1. The molecule has 0 spiro atoms. The number of rotatable bonds is 6. The zero-order valence-electron chi connectivity index (χ0n) is 14.2.